The summed E-state index contributed by atoms with van der Waals surface area (Å²) >= 11 is 1.71. The molecule has 3 nitrogen and oxygen atoms in total. The van der Waals surface area contributed by atoms with Crippen LogP contribution in [0.4, 0.5) is 5.82 Å². The minimum absolute atomic E-state index is 0.556. The van der Waals surface area contributed by atoms with Crippen molar-refractivity contribution in [2.45, 2.75) is 13.8 Å². The Morgan fingerprint density at radius 1 is 1.29 bits per heavy atom. The van der Waals surface area contributed by atoms with Gasteiger partial charge in [-0.3, -0.25) is 0 Å². The van der Waals surface area contributed by atoms with Crippen LogP contribution in [0.15, 0.2) is 17.8 Å². The summed E-state index contributed by atoms with van der Waals surface area (Å²) in [4.78, 5) is 9.46. The fourth-order valence-corrected chi connectivity index (χ4v) is 2.07. The quantitative estimate of drug-likeness (QED) is 0.777. The van der Waals surface area contributed by atoms with Gasteiger partial charge in [-0.25, -0.2) is 9.97 Å². The third-order valence-electron chi connectivity index (χ3n) is 2.24. The molecule has 72 valence electrons. The third kappa shape index (κ3) is 1.37. The van der Waals surface area contributed by atoms with Crippen LogP contribution in [0.5, 0.6) is 0 Å². The number of nitrogens with two attached hydrogens (primary N) is 1. The molecule has 0 atom stereocenters. The molecule has 0 fully saturated rings. The lowest BCUT2D eigenvalue weighted by Gasteiger charge is -2.05. The minimum Gasteiger partial charge on any atom is -0.383 e. The molecule has 0 aliphatic heterocycles. The summed E-state index contributed by atoms with van der Waals surface area (Å²) in [6, 6.07) is 2.06. The zero-order chi connectivity index (χ0) is 10.1. The van der Waals surface area contributed by atoms with Crippen molar-refractivity contribution in [3.63, 3.8) is 0 Å². The number of aromatic nitrogens is 2. The number of anilines is 1. The van der Waals surface area contributed by atoms with Crippen LogP contribution < -0.4 is 5.73 Å². The van der Waals surface area contributed by atoms with Gasteiger partial charge in [-0.05, 0) is 25.3 Å². The molecule has 2 N–H and O–H groups in total. The Kier molecular flexibility index (Phi) is 2.21. The Bertz CT molecular complexity index is 462. The highest BCUT2D eigenvalue weighted by Crippen LogP contribution is 2.29. The van der Waals surface area contributed by atoms with E-state index in [1.54, 1.807) is 11.3 Å². The lowest BCUT2D eigenvalue weighted by molar-refractivity contribution is 1.14. The molecule has 0 saturated heterocycles. The lowest BCUT2D eigenvalue weighted by Crippen LogP contribution is -1.98. The number of nitrogen functional groups attached to an aromatic ring is 1. The van der Waals surface area contributed by atoms with E-state index in [0.717, 1.165) is 16.8 Å². The van der Waals surface area contributed by atoms with Gasteiger partial charge in [0.15, 0.2) is 0 Å². The molecule has 0 aliphatic rings. The average Bonchev–Trinajstić information content (AvgIpc) is 2.57. The SMILES string of the molecule is Cc1sccc1-c1ncnc(N)c1C. The molecule has 2 aromatic rings. The van der Waals surface area contributed by atoms with Crippen molar-refractivity contribution in [2.24, 2.45) is 0 Å². The second-order valence-electron chi connectivity index (χ2n) is 3.12. The summed E-state index contributed by atoms with van der Waals surface area (Å²) in [7, 11) is 0. The van der Waals surface area contributed by atoms with Gasteiger partial charge in [-0.15, -0.1) is 11.3 Å². The van der Waals surface area contributed by atoms with Crippen LogP contribution >= 0.6 is 11.3 Å². The van der Waals surface area contributed by atoms with Crippen molar-refractivity contribution >= 4 is 17.2 Å². The van der Waals surface area contributed by atoms with Crippen LogP contribution in [0.1, 0.15) is 10.4 Å². The molecule has 2 rings (SSSR count). The number of nitrogens with zero attached hydrogens (tertiary/aromatic N) is 2. The van der Waals surface area contributed by atoms with Gasteiger partial charge in [-0.2, -0.15) is 0 Å². The molecule has 0 aliphatic carbocycles. The van der Waals surface area contributed by atoms with Crippen molar-refractivity contribution in [3.05, 3.63) is 28.2 Å². The first-order valence-electron chi connectivity index (χ1n) is 4.31. The minimum atomic E-state index is 0.556. The normalized spacial score (nSPS) is 10.4. The van der Waals surface area contributed by atoms with Crippen LogP contribution in [0.25, 0.3) is 11.3 Å². The first kappa shape index (κ1) is 9.15. The van der Waals surface area contributed by atoms with Gasteiger partial charge < -0.3 is 5.73 Å². The largest absolute Gasteiger partial charge is 0.383 e. The summed E-state index contributed by atoms with van der Waals surface area (Å²) in [6.45, 7) is 4.03. The van der Waals surface area contributed by atoms with Gasteiger partial charge in [0, 0.05) is 16.0 Å². The summed E-state index contributed by atoms with van der Waals surface area (Å²) in [5.41, 5.74) is 8.78. The lowest BCUT2D eigenvalue weighted by atomic mass is 10.1. The van der Waals surface area contributed by atoms with Crippen molar-refractivity contribution < 1.29 is 0 Å². The molecule has 4 heteroatoms. The molecule has 2 aromatic heterocycles. The van der Waals surface area contributed by atoms with E-state index in [2.05, 4.69) is 28.3 Å². The second-order valence-corrected chi connectivity index (χ2v) is 4.24. The Hall–Kier alpha value is -1.42. The van der Waals surface area contributed by atoms with Crippen LogP contribution in [-0.4, -0.2) is 9.97 Å². The summed E-state index contributed by atoms with van der Waals surface area (Å²) in [5.74, 6) is 0.556. The second kappa shape index (κ2) is 3.38. The van der Waals surface area contributed by atoms with Crippen LogP contribution in [0.2, 0.25) is 0 Å². The topological polar surface area (TPSA) is 51.8 Å². The summed E-state index contributed by atoms with van der Waals surface area (Å²) in [6.07, 6.45) is 1.51. The van der Waals surface area contributed by atoms with Crippen LogP contribution in [0, 0.1) is 13.8 Å². The van der Waals surface area contributed by atoms with E-state index in [9.17, 15) is 0 Å². The number of thiophene rings is 1. The molecule has 0 radical (unpaired) electrons. The maximum atomic E-state index is 5.73. The predicted molar refractivity (Wildman–Crippen MR) is 59.2 cm³/mol. The molecule has 0 saturated carbocycles. The van der Waals surface area contributed by atoms with Gasteiger partial charge >= 0.3 is 0 Å². The molecule has 2 heterocycles. The first-order valence-corrected chi connectivity index (χ1v) is 5.19. The Labute approximate surface area is 86.6 Å². The van der Waals surface area contributed by atoms with Crippen molar-refractivity contribution in [2.75, 3.05) is 5.73 Å². The highest BCUT2D eigenvalue weighted by atomic mass is 32.1. The van der Waals surface area contributed by atoms with E-state index in [0.29, 0.717) is 5.82 Å². The fourth-order valence-electron chi connectivity index (χ4n) is 1.37. The molecular weight excluding hydrogens is 194 g/mol. The van der Waals surface area contributed by atoms with E-state index in [1.165, 1.54) is 11.2 Å². The monoisotopic (exact) mass is 205 g/mol. The van der Waals surface area contributed by atoms with Gasteiger partial charge in [0.1, 0.15) is 12.1 Å². The molecule has 0 amide bonds. The van der Waals surface area contributed by atoms with Crippen LogP contribution in [-0.2, 0) is 0 Å². The fraction of sp³-hybridized carbons (Fsp3) is 0.200. The Balaban J connectivity index is 2.63. The van der Waals surface area contributed by atoms with E-state index < -0.39 is 0 Å². The maximum Gasteiger partial charge on any atom is 0.130 e. The number of rotatable bonds is 1. The van der Waals surface area contributed by atoms with Crippen molar-refractivity contribution in [1.82, 2.24) is 9.97 Å². The number of hydrogen-bond acceptors (Lipinski definition) is 4. The summed E-state index contributed by atoms with van der Waals surface area (Å²) in [5, 5.41) is 2.06. The van der Waals surface area contributed by atoms with Gasteiger partial charge in [-0.1, -0.05) is 0 Å². The van der Waals surface area contributed by atoms with E-state index in [4.69, 9.17) is 5.73 Å². The van der Waals surface area contributed by atoms with E-state index >= 15 is 0 Å². The molecule has 0 spiro atoms. The maximum absolute atomic E-state index is 5.73. The summed E-state index contributed by atoms with van der Waals surface area (Å²) < 4.78 is 0. The standard InChI is InChI=1S/C10H11N3S/c1-6-9(12-5-13-10(6)11)8-3-4-14-7(8)2/h3-5H,1-2H3,(H2,11,12,13). The number of hydrogen-bond donors (Lipinski definition) is 1. The highest BCUT2D eigenvalue weighted by Gasteiger charge is 2.09. The van der Waals surface area contributed by atoms with Crippen molar-refractivity contribution in [3.8, 4) is 11.3 Å². The average molecular weight is 205 g/mol. The van der Waals surface area contributed by atoms with E-state index in [1.807, 2.05) is 6.92 Å². The Morgan fingerprint density at radius 3 is 2.71 bits per heavy atom. The van der Waals surface area contributed by atoms with Gasteiger partial charge in [0.2, 0.25) is 0 Å². The first-order chi connectivity index (χ1) is 6.70. The van der Waals surface area contributed by atoms with Gasteiger partial charge in [0.05, 0.1) is 5.69 Å². The molecule has 14 heavy (non-hydrogen) atoms. The zero-order valence-corrected chi connectivity index (χ0v) is 8.93. The Morgan fingerprint density at radius 2 is 2.07 bits per heavy atom. The molecule has 0 bridgehead atoms. The van der Waals surface area contributed by atoms with Gasteiger partial charge in [0.25, 0.3) is 0 Å². The molecule has 0 unspecified atom stereocenters. The van der Waals surface area contributed by atoms with Crippen LogP contribution in [0.3, 0.4) is 0 Å². The third-order valence-corrected chi connectivity index (χ3v) is 3.08. The van der Waals surface area contributed by atoms with E-state index in [-0.39, 0.29) is 0 Å². The molecule has 0 aromatic carbocycles. The number of aryl methyl sites for hydroxylation is 1. The van der Waals surface area contributed by atoms with Crippen molar-refractivity contribution in [1.29, 1.82) is 0 Å². The molecular formula is C10H11N3S. The smallest absolute Gasteiger partial charge is 0.130 e. The highest BCUT2D eigenvalue weighted by molar-refractivity contribution is 7.10. The predicted octanol–water partition coefficient (Wildman–Crippen LogP) is 2.40. The zero-order valence-electron chi connectivity index (χ0n) is 8.11.